The molecule has 2 atom stereocenters. The maximum absolute atomic E-state index is 13.4. The van der Waals surface area contributed by atoms with Crippen LogP contribution in [-0.2, 0) is 17.6 Å². The van der Waals surface area contributed by atoms with Gasteiger partial charge >= 0.3 is 12.1 Å². The molecule has 3 N–H and O–H groups in total. The molecule has 0 aromatic carbocycles. The summed E-state index contributed by atoms with van der Waals surface area (Å²) in [5.74, 6) is -1.41. The molecular weight excluding hydrogens is 459 g/mol. The molecule has 178 valence electrons. The highest BCUT2D eigenvalue weighted by Gasteiger charge is 2.43. The summed E-state index contributed by atoms with van der Waals surface area (Å²) in [5, 5.41) is 27.9. The summed E-state index contributed by atoms with van der Waals surface area (Å²) >= 11 is 1.14. The molecule has 0 spiro atoms. The molecule has 2 heterocycles. The Bertz CT molecular complexity index is 1100. The summed E-state index contributed by atoms with van der Waals surface area (Å²) in [5.41, 5.74) is 1.86. The van der Waals surface area contributed by atoms with Gasteiger partial charge in [-0.05, 0) is 68.9 Å². The van der Waals surface area contributed by atoms with Gasteiger partial charge in [-0.1, -0.05) is 5.16 Å². The van der Waals surface area contributed by atoms with Crippen molar-refractivity contribution in [3.63, 3.8) is 0 Å². The fourth-order valence-corrected chi connectivity index (χ4v) is 6.06. The SMILES string of the molecule is O=C(O)C1=C(C(O)Nc2sc3c(c2-c2nc(C4CC4)no2)CCC(C(F)(F)F)C3)CCCC1. The number of fused-ring (bicyclic) bond motifs is 1. The van der Waals surface area contributed by atoms with E-state index in [4.69, 9.17) is 4.52 Å². The van der Waals surface area contributed by atoms with Crippen LogP contribution in [0.5, 0.6) is 0 Å². The van der Waals surface area contributed by atoms with Crippen LogP contribution in [0.2, 0.25) is 0 Å². The van der Waals surface area contributed by atoms with Crippen LogP contribution < -0.4 is 5.32 Å². The van der Waals surface area contributed by atoms with Crippen molar-refractivity contribution in [3.8, 4) is 11.5 Å². The number of aliphatic hydroxyl groups is 1. The Hall–Kier alpha value is -2.40. The molecule has 3 aliphatic carbocycles. The Kier molecular flexibility index (Phi) is 5.72. The Morgan fingerprint density at radius 2 is 1.94 bits per heavy atom. The Balaban J connectivity index is 1.52. The second-order valence-electron chi connectivity index (χ2n) is 8.98. The lowest BCUT2D eigenvalue weighted by molar-refractivity contribution is -0.176. The molecule has 0 radical (unpaired) electrons. The van der Waals surface area contributed by atoms with Crippen LogP contribution in [0, 0.1) is 5.92 Å². The highest BCUT2D eigenvalue weighted by molar-refractivity contribution is 7.17. The maximum atomic E-state index is 13.4. The number of carbonyl (C=O) groups is 1. The van der Waals surface area contributed by atoms with Gasteiger partial charge in [0.25, 0.3) is 5.89 Å². The third-order valence-electron chi connectivity index (χ3n) is 6.69. The number of carboxylic acids is 1. The van der Waals surface area contributed by atoms with Gasteiger partial charge in [0.15, 0.2) is 5.82 Å². The van der Waals surface area contributed by atoms with Gasteiger partial charge in [0.05, 0.1) is 11.5 Å². The molecular formula is C22H24F3N3O4S. The molecule has 2 aromatic heterocycles. The first-order chi connectivity index (χ1) is 15.7. The number of aromatic nitrogens is 2. The van der Waals surface area contributed by atoms with E-state index < -0.39 is 24.3 Å². The quantitative estimate of drug-likeness (QED) is 0.495. The topological polar surface area (TPSA) is 108 Å². The minimum Gasteiger partial charge on any atom is -0.478 e. The van der Waals surface area contributed by atoms with E-state index in [0.29, 0.717) is 39.7 Å². The highest BCUT2D eigenvalue weighted by Crippen LogP contribution is 2.48. The number of aliphatic hydroxyl groups excluding tert-OH is 1. The average Bonchev–Trinajstić information content (AvgIpc) is 3.40. The van der Waals surface area contributed by atoms with Gasteiger partial charge in [-0.15, -0.1) is 11.3 Å². The molecule has 7 nitrogen and oxygen atoms in total. The normalized spacial score (nSPS) is 22.2. The van der Waals surface area contributed by atoms with E-state index in [9.17, 15) is 28.2 Å². The second kappa shape index (κ2) is 8.43. The summed E-state index contributed by atoms with van der Waals surface area (Å²) in [6.07, 6.45) is -1.22. The number of halogens is 3. The summed E-state index contributed by atoms with van der Waals surface area (Å²) in [6, 6.07) is 0. The van der Waals surface area contributed by atoms with Gasteiger partial charge in [0, 0.05) is 16.4 Å². The predicted molar refractivity (Wildman–Crippen MR) is 114 cm³/mol. The minimum absolute atomic E-state index is 0.0276. The van der Waals surface area contributed by atoms with E-state index in [2.05, 4.69) is 15.5 Å². The number of hydrogen-bond donors (Lipinski definition) is 3. The first-order valence-corrected chi connectivity index (χ1v) is 12.0. The summed E-state index contributed by atoms with van der Waals surface area (Å²) in [7, 11) is 0. The van der Waals surface area contributed by atoms with E-state index in [1.54, 1.807) is 0 Å². The van der Waals surface area contributed by atoms with Crippen LogP contribution >= 0.6 is 11.3 Å². The number of rotatable bonds is 6. The fraction of sp³-hybridized carbons (Fsp3) is 0.591. The van der Waals surface area contributed by atoms with Crippen molar-refractivity contribution in [1.29, 1.82) is 0 Å². The van der Waals surface area contributed by atoms with Crippen LogP contribution in [0.4, 0.5) is 18.2 Å². The second-order valence-corrected chi connectivity index (χ2v) is 10.1. The monoisotopic (exact) mass is 483 g/mol. The Morgan fingerprint density at radius 1 is 1.18 bits per heavy atom. The van der Waals surface area contributed by atoms with Crippen LogP contribution in [-0.4, -0.2) is 38.7 Å². The number of anilines is 1. The van der Waals surface area contributed by atoms with Gasteiger partial charge < -0.3 is 20.1 Å². The zero-order chi connectivity index (χ0) is 23.3. The molecule has 11 heteroatoms. The summed E-state index contributed by atoms with van der Waals surface area (Å²) in [4.78, 5) is 16.7. The molecule has 5 rings (SSSR count). The largest absolute Gasteiger partial charge is 0.478 e. The van der Waals surface area contributed by atoms with Crippen molar-refractivity contribution in [2.75, 3.05) is 5.32 Å². The number of nitrogens with one attached hydrogen (secondary N) is 1. The molecule has 1 fully saturated rings. The highest BCUT2D eigenvalue weighted by atomic mass is 32.1. The van der Waals surface area contributed by atoms with Crippen molar-refractivity contribution in [2.24, 2.45) is 5.92 Å². The van der Waals surface area contributed by atoms with E-state index in [1.807, 2.05) is 0 Å². The molecule has 0 bridgehead atoms. The van der Waals surface area contributed by atoms with Crippen molar-refractivity contribution < 1.29 is 32.7 Å². The van der Waals surface area contributed by atoms with Gasteiger partial charge in [-0.25, -0.2) is 4.79 Å². The molecule has 0 saturated heterocycles. The number of hydrogen-bond acceptors (Lipinski definition) is 7. The van der Waals surface area contributed by atoms with E-state index in [-0.39, 0.29) is 36.6 Å². The van der Waals surface area contributed by atoms with Gasteiger partial charge in [0.1, 0.15) is 11.2 Å². The van der Waals surface area contributed by atoms with Crippen molar-refractivity contribution in [3.05, 3.63) is 27.4 Å². The predicted octanol–water partition coefficient (Wildman–Crippen LogP) is 5.03. The Labute approximate surface area is 191 Å². The number of nitrogens with zero attached hydrogens (tertiary/aromatic N) is 2. The van der Waals surface area contributed by atoms with E-state index in [1.165, 1.54) is 0 Å². The van der Waals surface area contributed by atoms with Crippen molar-refractivity contribution in [2.45, 2.75) is 76.1 Å². The first-order valence-electron chi connectivity index (χ1n) is 11.2. The van der Waals surface area contributed by atoms with Gasteiger partial charge in [0.2, 0.25) is 0 Å². The number of aliphatic carboxylic acids is 1. The third kappa shape index (κ3) is 4.40. The number of thiophene rings is 1. The third-order valence-corrected chi connectivity index (χ3v) is 7.88. The summed E-state index contributed by atoms with van der Waals surface area (Å²) in [6.45, 7) is 0. The molecule has 0 amide bonds. The standard InChI is InChI=1S/C22H24F3N3O4S/c23-22(24,25)11-7-8-14-15(9-11)33-20(16(14)19-26-17(28-32-19)10-5-6-10)27-18(29)12-3-1-2-4-13(12)21(30)31/h10-11,18,27,29H,1-9H2,(H,30,31). The van der Waals surface area contributed by atoms with E-state index >= 15 is 0 Å². The van der Waals surface area contributed by atoms with Crippen LogP contribution in [0.25, 0.3) is 11.5 Å². The zero-order valence-corrected chi connectivity index (χ0v) is 18.6. The smallest absolute Gasteiger partial charge is 0.392 e. The van der Waals surface area contributed by atoms with Crippen LogP contribution in [0.1, 0.15) is 67.1 Å². The minimum atomic E-state index is -4.28. The maximum Gasteiger partial charge on any atom is 0.392 e. The molecule has 0 aliphatic heterocycles. The van der Waals surface area contributed by atoms with E-state index in [0.717, 1.165) is 42.6 Å². The van der Waals surface area contributed by atoms with Crippen molar-refractivity contribution in [1.82, 2.24) is 10.1 Å². The van der Waals surface area contributed by atoms with Gasteiger partial charge in [-0.3, -0.25) is 0 Å². The molecule has 33 heavy (non-hydrogen) atoms. The molecule has 2 aromatic rings. The lowest BCUT2D eigenvalue weighted by atomic mass is 9.86. The summed E-state index contributed by atoms with van der Waals surface area (Å²) < 4.78 is 45.6. The zero-order valence-electron chi connectivity index (χ0n) is 17.7. The molecule has 1 saturated carbocycles. The number of alkyl halides is 3. The van der Waals surface area contributed by atoms with Gasteiger partial charge in [-0.2, -0.15) is 18.2 Å². The molecule has 3 aliphatic rings. The first kappa shape index (κ1) is 22.4. The lowest BCUT2D eigenvalue weighted by Gasteiger charge is -2.24. The number of carboxylic acid groups (broad SMARTS) is 1. The lowest BCUT2D eigenvalue weighted by Crippen LogP contribution is -2.28. The Morgan fingerprint density at radius 3 is 2.64 bits per heavy atom. The fourth-order valence-electron chi connectivity index (χ4n) is 4.72. The van der Waals surface area contributed by atoms with Crippen LogP contribution in [0.3, 0.4) is 0 Å². The van der Waals surface area contributed by atoms with Crippen LogP contribution in [0.15, 0.2) is 15.7 Å². The molecule has 2 unspecified atom stereocenters. The van der Waals surface area contributed by atoms with Crippen molar-refractivity contribution >= 4 is 22.3 Å². The average molecular weight is 484 g/mol.